The van der Waals surface area contributed by atoms with Crippen molar-refractivity contribution in [2.45, 2.75) is 76.7 Å². The summed E-state index contributed by atoms with van der Waals surface area (Å²) in [7, 11) is 2.25. The number of hydrogen-bond donors (Lipinski definition) is 1. The van der Waals surface area contributed by atoms with E-state index in [1.807, 2.05) is 0 Å². The van der Waals surface area contributed by atoms with Gasteiger partial charge in [-0.25, -0.2) is 0 Å². The van der Waals surface area contributed by atoms with E-state index >= 15 is 0 Å². The van der Waals surface area contributed by atoms with E-state index in [0.29, 0.717) is 0 Å². The Kier molecular flexibility index (Phi) is 3.83. The van der Waals surface area contributed by atoms with Crippen LogP contribution in [0.25, 0.3) is 0 Å². The number of nitrogens with one attached hydrogen (secondary N) is 1. The molecule has 0 aromatic rings. The van der Waals surface area contributed by atoms with Gasteiger partial charge in [0.25, 0.3) is 0 Å². The lowest BCUT2D eigenvalue weighted by Gasteiger charge is -2.56. The van der Waals surface area contributed by atoms with Crippen LogP contribution in [0.3, 0.4) is 0 Å². The van der Waals surface area contributed by atoms with Gasteiger partial charge in [-0.1, -0.05) is 32.1 Å². The topological polar surface area (TPSA) is 12.0 Å². The summed E-state index contributed by atoms with van der Waals surface area (Å²) < 4.78 is 0. The zero-order chi connectivity index (χ0) is 13.5. The van der Waals surface area contributed by atoms with Gasteiger partial charge in [-0.05, 0) is 81.1 Å². The van der Waals surface area contributed by atoms with Crippen molar-refractivity contribution >= 4 is 0 Å². The van der Waals surface area contributed by atoms with Crippen molar-refractivity contribution in [1.29, 1.82) is 0 Å². The summed E-state index contributed by atoms with van der Waals surface area (Å²) in [6, 6.07) is 0.841. The third-order valence-corrected chi connectivity index (χ3v) is 7.45. The highest BCUT2D eigenvalue weighted by Gasteiger charge is 2.50. The second-order valence-corrected chi connectivity index (χ2v) is 8.64. The molecule has 0 amide bonds. The molecule has 5 saturated carbocycles. The van der Waals surface area contributed by atoms with Crippen molar-refractivity contribution in [3.8, 4) is 0 Å². The second-order valence-electron chi connectivity index (χ2n) is 8.64. The van der Waals surface area contributed by atoms with Gasteiger partial charge >= 0.3 is 0 Å². The average molecular weight is 275 g/mol. The van der Waals surface area contributed by atoms with E-state index in [0.717, 1.165) is 41.5 Å². The summed E-state index contributed by atoms with van der Waals surface area (Å²) in [5, 5.41) is 3.78. The van der Waals surface area contributed by atoms with Crippen molar-refractivity contribution in [3.63, 3.8) is 0 Å². The summed E-state index contributed by atoms with van der Waals surface area (Å²) in [5.74, 6) is 6.51. The Morgan fingerprint density at radius 2 is 1.45 bits per heavy atom. The predicted octanol–water partition coefficient (Wildman–Crippen LogP) is 4.62. The summed E-state index contributed by atoms with van der Waals surface area (Å²) in [6.07, 6.45) is 17.0. The van der Waals surface area contributed by atoms with E-state index < -0.39 is 0 Å². The first kappa shape index (κ1) is 13.6. The molecule has 0 aliphatic heterocycles. The molecule has 1 atom stereocenters. The lowest BCUT2D eigenvalue weighted by atomic mass is 9.50. The van der Waals surface area contributed by atoms with E-state index in [-0.39, 0.29) is 0 Å². The monoisotopic (exact) mass is 275 g/mol. The summed E-state index contributed by atoms with van der Waals surface area (Å²) in [4.78, 5) is 0. The highest BCUT2D eigenvalue weighted by atomic mass is 14.9. The smallest absolute Gasteiger partial charge is 0.0100 e. The summed E-state index contributed by atoms with van der Waals surface area (Å²) in [6.45, 7) is 0. The zero-order valence-electron chi connectivity index (χ0n) is 13.3. The van der Waals surface area contributed by atoms with Crippen molar-refractivity contribution in [3.05, 3.63) is 0 Å². The maximum Gasteiger partial charge on any atom is 0.0100 e. The maximum absolute atomic E-state index is 3.78. The fourth-order valence-electron chi connectivity index (χ4n) is 6.87. The fraction of sp³-hybridized carbons (Fsp3) is 1.00. The molecular weight excluding hydrogens is 242 g/mol. The Morgan fingerprint density at radius 3 is 2.00 bits per heavy atom. The third kappa shape index (κ3) is 2.45. The fourth-order valence-corrected chi connectivity index (χ4v) is 6.87. The third-order valence-electron chi connectivity index (χ3n) is 7.45. The van der Waals surface area contributed by atoms with Crippen LogP contribution in [0.4, 0.5) is 0 Å². The molecule has 5 aliphatic rings. The predicted molar refractivity (Wildman–Crippen MR) is 84.6 cm³/mol. The van der Waals surface area contributed by atoms with Crippen LogP contribution in [0.5, 0.6) is 0 Å². The summed E-state index contributed by atoms with van der Waals surface area (Å²) in [5.41, 5.74) is 0. The van der Waals surface area contributed by atoms with Crippen LogP contribution in [0.1, 0.15) is 70.6 Å². The van der Waals surface area contributed by atoms with Gasteiger partial charge in [-0.3, -0.25) is 0 Å². The molecule has 1 N–H and O–H groups in total. The molecule has 114 valence electrons. The minimum atomic E-state index is 0.841. The standard InChI is InChI=1S/C19H33N/c1-20-18(12-13-5-3-2-4-6-13)19-16-8-14-7-15(10-16)11-17(19)9-14/h13-20H,2-12H2,1H3. The molecule has 5 rings (SSSR count). The van der Waals surface area contributed by atoms with Gasteiger partial charge in [-0.2, -0.15) is 0 Å². The highest BCUT2D eigenvalue weighted by Crippen LogP contribution is 2.57. The molecule has 5 aliphatic carbocycles. The van der Waals surface area contributed by atoms with E-state index in [9.17, 15) is 0 Å². The van der Waals surface area contributed by atoms with E-state index in [4.69, 9.17) is 0 Å². The van der Waals surface area contributed by atoms with Gasteiger partial charge in [0.1, 0.15) is 0 Å². The van der Waals surface area contributed by atoms with Crippen LogP contribution < -0.4 is 5.32 Å². The van der Waals surface area contributed by atoms with Crippen molar-refractivity contribution in [2.75, 3.05) is 7.05 Å². The SMILES string of the molecule is CNC(CC1CCCCC1)C1C2CC3CC(C2)CC1C3. The average Bonchev–Trinajstić information content (AvgIpc) is 2.46. The molecule has 1 nitrogen and oxygen atoms in total. The van der Waals surface area contributed by atoms with Crippen LogP contribution in [0, 0.1) is 35.5 Å². The highest BCUT2D eigenvalue weighted by molar-refractivity contribution is 5.01. The first-order valence-electron chi connectivity index (χ1n) is 9.50. The molecule has 4 bridgehead atoms. The Hall–Kier alpha value is -0.0400. The van der Waals surface area contributed by atoms with Crippen molar-refractivity contribution < 1.29 is 0 Å². The molecular formula is C19H33N. The molecule has 0 radical (unpaired) electrons. The Labute approximate surface area is 125 Å². The number of rotatable bonds is 4. The molecule has 0 aromatic heterocycles. The van der Waals surface area contributed by atoms with Crippen LogP contribution in [0.15, 0.2) is 0 Å². The molecule has 1 heteroatoms. The maximum atomic E-state index is 3.78. The van der Waals surface area contributed by atoms with Crippen molar-refractivity contribution in [1.82, 2.24) is 5.32 Å². The lowest BCUT2D eigenvalue weighted by Crippen LogP contribution is -2.52. The van der Waals surface area contributed by atoms with Crippen molar-refractivity contribution in [2.24, 2.45) is 35.5 Å². The quantitative estimate of drug-likeness (QED) is 0.789. The second kappa shape index (κ2) is 5.63. The van der Waals surface area contributed by atoms with Crippen LogP contribution in [-0.4, -0.2) is 13.1 Å². The molecule has 0 aromatic carbocycles. The van der Waals surface area contributed by atoms with E-state index in [1.54, 1.807) is 32.1 Å². The molecule has 0 spiro atoms. The minimum Gasteiger partial charge on any atom is -0.317 e. The van der Waals surface area contributed by atoms with E-state index in [2.05, 4.69) is 12.4 Å². The first-order valence-corrected chi connectivity index (χ1v) is 9.50. The van der Waals surface area contributed by atoms with Crippen LogP contribution >= 0.6 is 0 Å². The van der Waals surface area contributed by atoms with Crippen LogP contribution in [-0.2, 0) is 0 Å². The normalized spacial score (nSPS) is 45.8. The van der Waals surface area contributed by atoms with Gasteiger partial charge < -0.3 is 5.32 Å². The Balaban J connectivity index is 1.44. The minimum absolute atomic E-state index is 0.841. The van der Waals surface area contributed by atoms with Crippen LogP contribution in [0.2, 0.25) is 0 Å². The zero-order valence-corrected chi connectivity index (χ0v) is 13.3. The molecule has 0 saturated heterocycles. The molecule has 5 fully saturated rings. The largest absolute Gasteiger partial charge is 0.317 e. The first-order chi connectivity index (χ1) is 9.83. The lowest BCUT2D eigenvalue weighted by molar-refractivity contribution is -0.0544. The number of hydrogen-bond acceptors (Lipinski definition) is 1. The summed E-state index contributed by atoms with van der Waals surface area (Å²) >= 11 is 0. The molecule has 20 heavy (non-hydrogen) atoms. The van der Waals surface area contributed by atoms with Gasteiger partial charge in [-0.15, -0.1) is 0 Å². The Morgan fingerprint density at radius 1 is 0.850 bits per heavy atom. The molecule has 1 unspecified atom stereocenters. The Bertz CT molecular complexity index is 303. The van der Waals surface area contributed by atoms with Gasteiger partial charge in [0, 0.05) is 6.04 Å². The molecule has 0 heterocycles. The van der Waals surface area contributed by atoms with Gasteiger partial charge in [0.2, 0.25) is 0 Å². The van der Waals surface area contributed by atoms with Gasteiger partial charge in [0.05, 0.1) is 0 Å². The van der Waals surface area contributed by atoms with E-state index in [1.165, 1.54) is 38.5 Å². The van der Waals surface area contributed by atoms with Gasteiger partial charge in [0.15, 0.2) is 0 Å².